The first-order valence-electron chi connectivity index (χ1n) is 5.44. The SMILES string of the molecule is CC(C)NS(=O)(=O)NC1CCCC1CN. The molecular weight excluding hydrogens is 214 g/mol. The third-order valence-corrected chi connectivity index (χ3v) is 4.05. The van der Waals surface area contributed by atoms with Gasteiger partial charge in [0.1, 0.15) is 0 Å². The lowest BCUT2D eigenvalue weighted by Crippen LogP contribution is -2.47. The van der Waals surface area contributed by atoms with Gasteiger partial charge >= 0.3 is 0 Å². The average molecular weight is 235 g/mol. The van der Waals surface area contributed by atoms with E-state index in [1.165, 1.54) is 0 Å². The fraction of sp³-hybridized carbons (Fsp3) is 1.00. The van der Waals surface area contributed by atoms with Crippen molar-refractivity contribution in [3.8, 4) is 0 Å². The van der Waals surface area contributed by atoms with E-state index in [1.807, 2.05) is 0 Å². The molecular formula is C9H21N3O2S. The van der Waals surface area contributed by atoms with Crippen molar-refractivity contribution in [1.82, 2.24) is 9.44 Å². The second kappa shape index (κ2) is 5.25. The normalized spacial score (nSPS) is 27.5. The molecule has 0 spiro atoms. The summed E-state index contributed by atoms with van der Waals surface area (Å²) in [5, 5.41) is 0. The lowest BCUT2D eigenvalue weighted by molar-refractivity contribution is 0.447. The minimum absolute atomic E-state index is 0.00579. The van der Waals surface area contributed by atoms with Crippen LogP contribution in [0.1, 0.15) is 33.1 Å². The van der Waals surface area contributed by atoms with Crippen LogP contribution in [0, 0.1) is 5.92 Å². The molecule has 0 aromatic rings. The smallest absolute Gasteiger partial charge is 0.277 e. The summed E-state index contributed by atoms with van der Waals surface area (Å²) in [6.07, 6.45) is 2.96. The van der Waals surface area contributed by atoms with Gasteiger partial charge in [0, 0.05) is 12.1 Å². The second-order valence-corrected chi connectivity index (χ2v) is 5.91. The average Bonchev–Trinajstić information content (AvgIpc) is 2.48. The fourth-order valence-electron chi connectivity index (χ4n) is 2.02. The van der Waals surface area contributed by atoms with Gasteiger partial charge in [0.2, 0.25) is 0 Å². The number of hydrogen-bond donors (Lipinski definition) is 3. The van der Waals surface area contributed by atoms with E-state index in [-0.39, 0.29) is 18.0 Å². The molecule has 4 N–H and O–H groups in total. The highest BCUT2D eigenvalue weighted by Gasteiger charge is 2.29. The molecule has 1 saturated carbocycles. The number of hydrogen-bond acceptors (Lipinski definition) is 3. The molecule has 1 aliphatic rings. The van der Waals surface area contributed by atoms with Crippen LogP contribution in [0.25, 0.3) is 0 Å². The molecule has 0 saturated heterocycles. The highest BCUT2D eigenvalue weighted by molar-refractivity contribution is 7.87. The van der Waals surface area contributed by atoms with Gasteiger partial charge in [0.05, 0.1) is 0 Å². The molecule has 0 aromatic carbocycles. The van der Waals surface area contributed by atoms with Crippen LogP contribution in [0.4, 0.5) is 0 Å². The van der Waals surface area contributed by atoms with E-state index < -0.39 is 10.2 Å². The minimum atomic E-state index is -3.36. The maximum atomic E-state index is 11.6. The molecule has 0 aliphatic heterocycles. The van der Waals surface area contributed by atoms with Crippen LogP contribution in [0.3, 0.4) is 0 Å². The van der Waals surface area contributed by atoms with E-state index in [2.05, 4.69) is 9.44 Å². The minimum Gasteiger partial charge on any atom is -0.330 e. The zero-order valence-electron chi connectivity index (χ0n) is 9.36. The summed E-state index contributed by atoms with van der Waals surface area (Å²) in [6.45, 7) is 4.15. The molecule has 2 unspecified atom stereocenters. The van der Waals surface area contributed by atoms with Crippen LogP contribution < -0.4 is 15.2 Å². The third-order valence-electron chi connectivity index (χ3n) is 2.66. The Kier molecular flexibility index (Phi) is 4.51. The van der Waals surface area contributed by atoms with E-state index in [1.54, 1.807) is 13.8 Å². The molecule has 1 aliphatic carbocycles. The Morgan fingerprint density at radius 2 is 2.07 bits per heavy atom. The Bertz CT molecular complexity index is 290. The molecule has 6 heteroatoms. The fourth-order valence-corrected chi connectivity index (χ4v) is 3.42. The first kappa shape index (κ1) is 12.9. The Labute approximate surface area is 92.0 Å². The third kappa shape index (κ3) is 4.06. The van der Waals surface area contributed by atoms with E-state index in [0.717, 1.165) is 19.3 Å². The molecule has 5 nitrogen and oxygen atoms in total. The molecule has 0 amide bonds. The van der Waals surface area contributed by atoms with Crippen molar-refractivity contribution in [2.75, 3.05) is 6.54 Å². The van der Waals surface area contributed by atoms with Gasteiger partial charge in [-0.1, -0.05) is 6.42 Å². The second-order valence-electron chi connectivity index (χ2n) is 4.43. The quantitative estimate of drug-likeness (QED) is 0.624. The number of nitrogens with two attached hydrogens (primary N) is 1. The maximum absolute atomic E-state index is 11.6. The predicted molar refractivity (Wildman–Crippen MR) is 60.5 cm³/mol. The van der Waals surface area contributed by atoms with Gasteiger partial charge in [-0.25, -0.2) is 0 Å². The van der Waals surface area contributed by atoms with Crippen molar-refractivity contribution in [1.29, 1.82) is 0 Å². The van der Waals surface area contributed by atoms with Gasteiger partial charge in [0.15, 0.2) is 0 Å². The highest BCUT2D eigenvalue weighted by Crippen LogP contribution is 2.24. The summed E-state index contributed by atoms with van der Waals surface area (Å²) in [6, 6.07) is -0.0773. The van der Waals surface area contributed by atoms with Crippen molar-refractivity contribution in [3.05, 3.63) is 0 Å². The van der Waals surface area contributed by atoms with E-state index in [4.69, 9.17) is 5.73 Å². The van der Waals surface area contributed by atoms with E-state index in [9.17, 15) is 8.42 Å². The lowest BCUT2D eigenvalue weighted by atomic mass is 10.1. The van der Waals surface area contributed by atoms with Crippen molar-refractivity contribution >= 4 is 10.2 Å². The lowest BCUT2D eigenvalue weighted by Gasteiger charge is -2.20. The number of nitrogens with one attached hydrogen (secondary N) is 2. The van der Waals surface area contributed by atoms with Crippen LogP contribution in [-0.4, -0.2) is 27.0 Å². The molecule has 15 heavy (non-hydrogen) atoms. The molecule has 1 fully saturated rings. The zero-order valence-corrected chi connectivity index (χ0v) is 10.2. The Morgan fingerprint density at radius 1 is 1.40 bits per heavy atom. The van der Waals surface area contributed by atoms with Crippen LogP contribution in [-0.2, 0) is 10.2 Å². The Balaban J connectivity index is 2.53. The zero-order chi connectivity index (χ0) is 11.5. The summed E-state index contributed by atoms with van der Waals surface area (Å²) in [4.78, 5) is 0. The summed E-state index contributed by atoms with van der Waals surface area (Å²) in [5.74, 6) is 0.286. The van der Waals surface area contributed by atoms with Gasteiger partial charge in [-0.05, 0) is 39.2 Å². The van der Waals surface area contributed by atoms with E-state index in [0.29, 0.717) is 6.54 Å². The molecule has 0 heterocycles. The van der Waals surface area contributed by atoms with Crippen molar-refractivity contribution in [2.24, 2.45) is 11.7 Å². The summed E-state index contributed by atoms with van der Waals surface area (Å²) in [5.41, 5.74) is 5.59. The molecule has 0 radical (unpaired) electrons. The van der Waals surface area contributed by atoms with Crippen LogP contribution in [0.5, 0.6) is 0 Å². The van der Waals surface area contributed by atoms with Gasteiger partial charge in [0.25, 0.3) is 10.2 Å². The van der Waals surface area contributed by atoms with Gasteiger partial charge < -0.3 is 5.73 Å². The van der Waals surface area contributed by atoms with Gasteiger partial charge in [-0.3, -0.25) is 0 Å². The Morgan fingerprint density at radius 3 is 2.60 bits per heavy atom. The largest absolute Gasteiger partial charge is 0.330 e. The monoisotopic (exact) mass is 235 g/mol. The van der Waals surface area contributed by atoms with Crippen LogP contribution >= 0.6 is 0 Å². The van der Waals surface area contributed by atoms with Crippen molar-refractivity contribution in [2.45, 2.75) is 45.2 Å². The molecule has 90 valence electrons. The number of rotatable bonds is 5. The van der Waals surface area contributed by atoms with Crippen LogP contribution in [0.15, 0.2) is 0 Å². The summed E-state index contributed by atoms with van der Waals surface area (Å²) in [7, 11) is -3.36. The predicted octanol–water partition coefficient (Wildman–Crippen LogP) is -0.0538. The van der Waals surface area contributed by atoms with Crippen molar-refractivity contribution in [3.63, 3.8) is 0 Å². The highest BCUT2D eigenvalue weighted by atomic mass is 32.2. The standard InChI is InChI=1S/C9H21N3O2S/c1-7(2)11-15(13,14)12-9-5-3-4-8(9)6-10/h7-9,11-12H,3-6,10H2,1-2H3. The summed E-state index contributed by atoms with van der Waals surface area (Å²) >= 11 is 0. The first-order chi connectivity index (χ1) is 6.94. The Hall–Kier alpha value is -0.170. The molecule has 1 rings (SSSR count). The summed E-state index contributed by atoms with van der Waals surface area (Å²) < 4.78 is 28.4. The van der Waals surface area contributed by atoms with Gasteiger partial charge in [-0.2, -0.15) is 17.9 Å². The topological polar surface area (TPSA) is 84.2 Å². The van der Waals surface area contributed by atoms with E-state index >= 15 is 0 Å². The molecule has 2 atom stereocenters. The maximum Gasteiger partial charge on any atom is 0.277 e. The molecule has 0 bridgehead atoms. The van der Waals surface area contributed by atoms with Crippen molar-refractivity contribution < 1.29 is 8.42 Å². The van der Waals surface area contributed by atoms with Crippen LogP contribution in [0.2, 0.25) is 0 Å². The molecule has 0 aromatic heterocycles. The van der Waals surface area contributed by atoms with Gasteiger partial charge in [-0.15, -0.1) is 0 Å². The first-order valence-corrected chi connectivity index (χ1v) is 6.92.